The lowest BCUT2D eigenvalue weighted by atomic mass is 10.0. The first-order valence-electron chi connectivity index (χ1n) is 9.45. The third-order valence-electron chi connectivity index (χ3n) is 5.50. The van der Waals surface area contributed by atoms with Gasteiger partial charge in [-0.15, -0.1) is 0 Å². The molecule has 1 aliphatic rings. The zero-order valence-electron chi connectivity index (χ0n) is 16.7. The molecule has 0 radical (unpaired) electrons. The minimum Gasteiger partial charge on any atom is -0.497 e. The fourth-order valence-corrected chi connectivity index (χ4v) is 6.30. The maximum Gasteiger partial charge on any atom is 0.269 e. The van der Waals surface area contributed by atoms with Crippen molar-refractivity contribution in [2.24, 2.45) is 0 Å². The van der Waals surface area contributed by atoms with Crippen LogP contribution < -0.4 is 4.74 Å². The van der Waals surface area contributed by atoms with Gasteiger partial charge < -0.3 is 14.5 Å². The van der Waals surface area contributed by atoms with Crippen LogP contribution in [0.25, 0.3) is 10.9 Å². The second-order valence-corrected chi connectivity index (χ2v) is 9.96. The zero-order valence-corrected chi connectivity index (χ0v) is 19.1. The predicted molar refractivity (Wildman–Crippen MR) is 118 cm³/mol. The standard InChI is InChI=1S/C21H22BrN3O4S/c1-23-9-10-24(14-26)20(13-23)17-12-25(19-6-4-3-5-16(17)19)30(27,28)21-8-7-15(29-2)11-18(21)22/h3-8,11-12,14,20H,9-10,13H2,1-2H3. The number of rotatable bonds is 5. The summed E-state index contributed by atoms with van der Waals surface area (Å²) >= 11 is 3.36. The van der Waals surface area contributed by atoms with Crippen molar-refractivity contribution in [3.63, 3.8) is 0 Å². The molecule has 9 heteroatoms. The lowest BCUT2D eigenvalue weighted by molar-refractivity contribution is -0.122. The van der Waals surface area contributed by atoms with Crippen LogP contribution in [0.5, 0.6) is 5.75 Å². The molecule has 0 N–H and O–H groups in total. The SMILES string of the molecule is COc1ccc(S(=O)(=O)n2cc(C3CN(C)CCN3C=O)c3ccccc32)c(Br)c1. The van der Waals surface area contributed by atoms with Gasteiger partial charge in [-0.05, 0) is 47.2 Å². The van der Waals surface area contributed by atoms with Crippen LogP contribution >= 0.6 is 15.9 Å². The summed E-state index contributed by atoms with van der Waals surface area (Å²) in [6, 6.07) is 11.9. The van der Waals surface area contributed by atoms with E-state index in [1.807, 2.05) is 25.2 Å². The van der Waals surface area contributed by atoms with Crippen LogP contribution in [0.1, 0.15) is 11.6 Å². The maximum atomic E-state index is 13.6. The molecule has 1 amide bonds. The van der Waals surface area contributed by atoms with E-state index in [0.717, 1.165) is 23.9 Å². The van der Waals surface area contributed by atoms with Crippen LogP contribution in [-0.2, 0) is 14.8 Å². The van der Waals surface area contributed by atoms with Gasteiger partial charge in [0.1, 0.15) is 10.6 Å². The van der Waals surface area contributed by atoms with Crippen LogP contribution in [0.15, 0.2) is 58.0 Å². The molecule has 1 fully saturated rings. The monoisotopic (exact) mass is 491 g/mol. The first-order valence-corrected chi connectivity index (χ1v) is 11.7. The van der Waals surface area contributed by atoms with E-state index in [2.05, 4.69) is 20.8 Å². The average Bonchev–Trinajstić information content (AvgIpc) is 3.14. The molecule has 1 aliphatic heterocycles. The summed E-state index contributed by atoms with van der Waals surface area (Å²) in [5, 5.41) is 0.817. The summed E-state index contributed by atoms with van der Waals surface area (Å²) in [6.07, 6.45) is 2.50. The predicted octanol–water partition coefficient (Wildman–Crippen LogP) is 3.09. The van der Waals surface area contributed by atoms with Gasteiger partial charge in [-0.25, -0.2) is 12.4 Å². The number of aromatic nitrogens is 1. The average molecular weight is 492 g/mol. The molecule has 1 aromatic heterocycles. The summed E-state index contributed by atoms with van der Waals surface area (Å²) in [5.74, 6) is 0.561. The number of carbonyl (C=O) groups excluding carboxylic acids is 1. The van der Waals surface area contributed by atoms with Gasteiger partial charge in [-0.2, -0.15) is 0 Å². The second kappa shape index (κ2) is 8.05. The van der Waals surface area contributed by atoms with Gasteiger partial charge in [0.25, 0.3) is 10.0 Å². The third-order valence-corrected chi connectivity index (χ3v) is 8.15. The number of methoxy groups -OCH3 is 1. The molecule has 1 atom stereocenters. The van der Waals surface area contributed by atoms with E-state index >= 15 is 0 Å². The van der Waals surface area contributed by atoms with E-state index < -0.39 is 10.0 Å². The van der Waals surface area contributed by atoms with Crippen molar-refractivity contribution in [3.05, 3.63) is 58.7 Å². The number of piperazine rings is 1. The van der Waals surface area contributed by atoms with Crippen molar-refractivity contribution in [3.8, 4) is 5.75 Å². The summed E-state index contributed by atoms with van der Waals surface area (Å²) in [7, 11) is -0.354. The van der Waals surface area contributed by atoms with Gasteiger partial charge in [0.2, 0.25) is 6.41 Å². The van der Waals surface area contributed by atoms with Crippen LogP contribution in [0.4, 0.5) is 0 Å². The van der Waals surface area contributed by atoms with Gasteiger partial charge in [-0.1, -0.05) is 18.2 Å². The van der Waals surface area contributed by atoms with Crippen LogP contribution in [0, 0.1) is 0 Å². The molecule has 2 aromatic carbocycles. The first kappa shape index (κ1) is 20.9. The topological polar surface area (TPSA) is 71.9 Å². The van der Waals surface area contributed by atoms with Crippen molar-refractivity contribution >= 4 is 43.3 Å². The van der Waals surface area contributed by atoms with Crippen LogP contribution in [-0.4, -0.2) is 62.4 Å². The van der Waals surface area contributed by atoms with E-state index in [0.29, 0.717) is 28.8 Å². The largest absolute Gasteiger partial charge is 0.497 e. The number of hydrogen-bond donors (Lipinski definition) is 0. The molecule has 0 spiro atoms. The molecule has 0 saturated carbocycles. The molecule has 0 aliphatic carbocycles. The second-order valence-electron chi connectivity index (χ2n) is 7.32. The third kappa shape index (κ3) is 3.51. The Hall–Kier alpha value is -2.36. The minimum absolute atomic E-state index is 0.142. The molecule has 3 aromatic rings. The lowest BCUT2D eigenvalue weighted by Gasteiger charge is -2.37. The Labute approximate surface area is 184 Å². The molecular weight excluding hydrogens is 470 g/mol. The Morgan fingerprint density at radius 3 is 2.63 bits per heavy atom. The number of amides is 1. The van der Waals surface area contributed by atoms with E-state index in [9.17, 15) is 13.2 Å². The Balaban J connectivity index is 1.90. The summed E-state index contributed by atoms with van der Waals surface area (Å²) in [5.41, 5.74) is 1.40. The van der Waals surface area contributed by atoms with E-state index in [4.69, 9.17) is 4.74 Å². The quantitative estimate of drug-likeness (QED) is 0.512. The number of halogens is 1. The Morgan fingerprint density at radius 1 is 1.17 bits per heavy atom. The number of para-hydroxylation sites is 1. The number of benzene rings is 2. The number of fused-ring (bicyclic) bond motifs is 1. The molecule has 2 heterocycles. The van der Waals surface area contributed by atoms with Gasteiger partial charge in [-0.3, -0.25) is 4.79 Å². The number of ether oxygens (including phenoxy) is 1. The fraction of sp³-hybridized carbons (Fsp3) is 0.286. The molecule has 30 heavy (non-hydrogen) atoms. The Kier molecular flexibility index (Phi) is 5.61. The molecule has 0 bridgehead atoms. The Morgan fingerprint density at radius 2 is 1.93 bits per heavy atom. The highest BCUT2D eigenvalue weighted by atomic mass is 79.9. The van der Waals surface area contributed by atoms with Crippen molar-refractivity contribution in [2.75, 3.05) is 33.8 Å². The molecule has 158 valence electrons. The summed E-state index contributed by atoms with van der Waals surface area (Å²) in [4.78, 5) is 15.7. The molecular formula is C21H22BrN3O4S. The highest BCUT2D eigenvalue weighted by Crippen LogP contribution is 2.35. The Bertz CT molecular complexity index is 1210. The van der Waals surface area contributed by atoms with Crippen molar-refractivity contribution in [1.82, 2.24) is 13.8 Å². The van der Waals surface area contributed by atoms with E-state index in [1.54, 1.807) is 29.3 Å². The lowest BCUT2D eigenvalue weighted by Crippen LogP contribution is -2.46. The molecule has 1 saturated heterocycles. The zero-order chi connectivity index (χ0) is 21.5. The number of carbonyl (C=O) groups is 1. The number of likely N-dealkylation sites (N-methyl/N-ethyl adjacent to an activating group) is 1. The smallest absolute Gasteiger partial charge is 0.269 e. The van der Waals surface area contributed by atoms with E-state index in [1.165, 1.54) is 17.1 Å². The number of nitrogens with zero attached hydrogens (tertiary/aromatic N) is 3. The van der Waals surface area contributed by atoms with Gasteiger partial charge in [0.15, 0.2) is 0 Å². The highest BCUT2D eigenvalue weighted by molar-refractivity contribution is 9.10. The van der Waals surface area contributed by atoms with Gasteiger partial charge in [0.05, 0.1) is 18.7 Å². The number of hydrogen-bond acceptors (Lipinski definition) is 5. The van der Waals surface area contributed by atoms with Crippen molar-refractivity contribution in [1.29, 1.82) is 0 Å². The molecule has 4 rings (SSSR count). The molecule has 7 nitrogen and oxygen atoms in total. The first-order chi connectivity index (χ1) is 14.4. The van der Waals surface area contributed by atoms with Crippen LogP contribution in [0.2, 0.25) is 0 Å². The summed E-state index contributed by atoms with van der Waals surface area (Å²) in [6.45, 7) is 2.02. The van der Waals surface area contributed by atoms with Crippen molar-refractivity contribution < 1.29 is 17.9 Å². The summed E-state index contributed by atoms with van der Waals surface area (Å²) < 4.78 is 34.1. The van der Waals surface area contributed by atoms with Gasteiger partial charge >= 0.3 is 0 Å². The molecule has 1 unspecified atom stereocenters. The van der Waals surface area contributed by atoms with Crippen molar-refractivity contribution in [2.45, 2.75) is 10.9 Å². The van der Waals surface area contributed by atoms with Gasteiger partial charge in [0, 0.05) is 41.3 Å². The van der Waals surface area contributed by atoms with Crippen LogP contribution in [0.3, 0.4) is 0 Å². The normalized spacial score (nSPS) is 18.0. The highest BCUT2D eigenvalue weighted by Gasteiger charge is 2.31. The van der Waals surface area contributed by atoms with E-state index in [-0.39, 0.29) is 10.9 Å². The minimum atomic E-state index is -3.88. The maximum absolute atomic E-state index is 13.6. The fourth-order valence-electron chi connectivity index (χ4n) is 3.90.